The van der Waals surface area contributed by atoms with Gasteiger partial charge in [0, 0.05) is 25.2 Å². The molecular formula is C11H14N2O3. The highest BCUT2D eigenvalue weighted by atomic mass is 16.5. The number of hydrogen-bond donors (Lipinski definition) is 1. The molecule has 0 bridgehead atoms. The molecule has 0 heterocycles. The van der Waals surface area contributed by atoms with Gasteiger partial charge in [0.1, 0.15) is 6.61 Å². The SMILES string of the molecule is CN(C)C(=O)c1ccccc1COC(N)=O. The van der Waals surface area contributed by atoms with Gasteiger partial charge in [-0.3, -0.25) is 4.79 Å². The molecule has 0 aliphatic heterocycles. The second kappa shape index (κ2) is 5.16. The first-order valence-corrected chi connectivity index (χ1v) is 4.74. The first-order valence-electron chi connectivity index (χ1n) is 4.74. The molecule has 0 saturated heterocycles. The molecule has 2 N–H and O–H groups in total. The summed E-state index contributed by atoms with van der Waals surface area (Å²) in [4.78, 5) is 23.7. The highest BCUT2D eigenvalue weighted by molar-refractivity contribution is 5.95. The molecule has 0 unspecified atom stereocenters. The van der Waals surface area contributed by atoms with Crippen LogP contribution in [0.5, 0.6) is 0 Å². The maximum atomic E-state index is 11.8. The van der Waals surface area contributed by atoms with E-state index in [2.05, 4.69) is 4.74 Å². The Labute approximate surface area is 93.8 Å². The Hall–Kier alpha value is -2.04. The van der Waals surface area contributed by atoms with Crippen LogP contribution in [0.25, 0.3) is 0 Å². The van der Waals surface area contributed by atoms with E-state index in [0.29, 0.717) is 11.1 Å². The van der Waals surface area contributed by atoms with E-state index in [4.69, 9.17) is 5.73 Å². The van der Waals surface area contributed by atoms with Gasteiger partial charge in [0.05, 0.1) is 0 Å². The van der Waals surface area contributed by atoms with E-state index in [1.165, 1.54) is 4.90 Å². The minimum atomic E-state index is -0.855. The molecule has 1 aromatic rings. The zero-order valence-electron chi connectivity index (χ0n) is 9.27. The van der Waals surface area contributed by atoms with Gasteiger partial charge in [0.2, 0.25) is 0 Å². The summed E-state index contributed by atoms with van der Waals surface area (Å²) >= 11 is 0. The Balaban J connectivity index is 2.91. The Morgan fingerprint density at radius 1 is 1.31 bits per heavy atom. The molecule has 0 fully saturated rings. The van der Waals surface area contributed by atoms with Crippen LogP contribution in [0.1, 0.15) is 15.9 Å². The van der Waals surface area contributed by atoms with Crippen LogP contribution in [-0.4, -0.2) is 31.0 Å². The third-order valence-corrected chi connectivity index (χ3v) is 2.02. The van der Waals surface area contributed by atoms with E-state index in [0.717, 1.165) is 0 Å². The molecule has 0 spiro atoms. The number of benzene rings is 1. The molecule has 0 aliphatic rings. The smallest absolute Gasteiger partial charge is 0.404 e. The number of hydrogen-bond acceptors (Lipinski definition) is 3. The molecule has 5 heteroatoms. The molecule has 1 aromatic carbocycles. The monoisotopic (exact) mass is 222 g/mol. The van der Waals surface area contributed by atoms with Crippen LogP contribution in [0, 0.1) is 0 Å². The highest BCUT2D eigenvalue weighted by Gasteiger charge is 2.13. The lowest BCUT2D eigenvalue weighted by molar-refractivity contribution is 0.0822. The van der Waals surface area contributed by atoms with E-state index in [-0.39, 0.29) is 12.5 Å². The number of primary amides is 1. The predicted octanol–water partition coefficient (Wildman–Crippen LogP) is 0.984. The predicted molar refractivity (Wildman–Crippen MR) is 58.8 cm³/mol. The van der Waals surface area contributed by atoms with Crippen LogP contribution in [0.15, 0.2) is 24.3 Å². The average molecular weight is 222 g/mol. The maximum Gasteiger partial charge on any atom is 0.404 e. The van der Waals surface area contributed by atoms with Gasteiger partial charge in [-0.05, 0) is 6.07 Å². The van der Waals surface area contributed by atoms with Gasteiger partial charge < -0.3 is 15.4 Å². The molecule has 5 nitrogen and oxygen atoms in total. The number of nitrogens with zero attached hydrogens (tertiary/aromatic N) is 1. The third kappa shape index (κ3) is 2.98. The van der Waals surface area contributed by atoms with Crippen molar-refractivity contribution in [1.29, 1.82) is 0 Å². The van der Waals surface area contributed by atoms with E-state index < -0.39 is 6.09 Å². The highest BCUT2D eigenvalue weighted by Crippen LogP contribution is 2.11. The topological polar surface area (TPSA) is 72.6 Å². The Morgan fingerprint density at radius 3 is 2.50 bits per heavy atom. The summed E-state index contributed by atoms with van der Waals surface area (Å²) in [6, 6.07) is 6.93. The summed E-state index contributed by atoms with van der Waals surface area (Å²) in [7, 11) is 3.32. The molecule has 0 aromatic heterocycles. The number of ether oxygens (including phenoxy) is 1. The van der Waals surface area contributed by atoms with Crippen LogP contribution < -0.4 is 5.73 Å². The second-order valence-electron chi connectivity index (χ2n) is 3.46. The first-order chi connectivity index (χ1) is 7.52. The summed E-state index contributed by atoms with van der Waals surface area (Å²) in [5.41, 5.74) is 6.02. The number of rotatable bonds is 3. The van der Waals surface area contributed by atoms with Gasteiger partial charge in [0.15, 0.2) is 0 Å². The summed E-state index contributed by atoms with van der Waals surface area (Å²) in [5.74, 6) is -0.135. The second-order valence-corrected chi connectivity index (χ2v) is 3.46. The van der Waals surface area contributed by atoms with Gasteiger partial charge in [0.25, 0.3) is 5.91 Å². The van der Waals surface area contributed by atoms with Crippen molar-refractivity contribution in [3.05, 3.63) is 35.4 Å². The fourth-order valence-corrected chi connectivity index (χ4v) is 1.24. The van der Waals surface area contributed by atoms with Crippen molar-refractivity contribution in [1.82, 2.24) is 4.90 Å². The zero-order chi connectivity index (χ0) is 12.1. The van der Waals surface area contributed by atoms with Crippen molar-refractivity contribution in [2.24, 2.45) is 5.73 Å². The lowest BCUT2D eigenvalue weighted by Gasteiger charge is -2.13. The number of carbonyl (C=O) groups is 2. The van der Waals surface area contributed by atoms with Crippen molar-refractivity contribution in [3.63, 3.8) is 0 Å². The van der Waals surface area contributed by atoms with Crippen molar-refractivity contribution in [3.8, 4) is 0 Å². The quantitative estimate of drug-likeness (QED) is 0.828. The van der Waals surface area contributed by atoms with Crippen LogP contribution in [0.4, 0.5) is 4.79 Å². The van der Waals surface area contributed by atoms with Gasteiger partial charge in [-0.15, -0.1) is 0 Å². The maximum absolute atomic E-state index is 11.8. The van der Waals surface area contributed by atoms with Gasteiger partial charge in [-0.1, -0.05) is 18.2 Å². The number of carbonyl (C=O) groups excluding carboxylic acids is 2. The Kier molecular flexibility index (Phi) is 3.88. The average Bonchev–Trinajstić information content (AvgIpc) is 2.25. The van der Waals surface area contributed by atoms with Crippen LogP contribution in [0.3, 0.4) is 0 Å². The van der Waals surface area contributed by atoms with Crippen molar-refractivity contribution < 1.29 is 14.3 Å². The largest absolute Gasteiger partial charge is 0.445 e. The van der Waals surface area contributed by atoms with E-state index in [1.807, 2.05) is 0 Å². The van der Waals surface area contributed by atoms with Crippen LogP contribution in [0.2, 0.25) is 0 Å². The fourth-order valence-electron chi connectivity index (χ4n) is 1.24. The van der Waals surface area contributed by atoms with E-state index in [9.17, 15) is 9.59 Å². The van der Waals surface area contributed by atoms with Crippen molar-refractivity contribution >= 4 is 12.0 Å². The molecule has 0 radical (unpaired) electrons. The summed E-state index contributed by atoms with van der Waals surface area (Å²) < 4.78 is 4.67. The minimum Gasteiger partial charge on any atom is -0.445 e. The Bertz CT molecular complexity index is 402. The van der Waals surface area contributed by atoms with Gasteiger partial charge in [-0.2, -0.15) is 0 Å². The molecule has 86 valence electrons. The summed E-state index contributed by atoms with van der Waals surface area (Å²) in [6.07, 6.45) is -0.855. The molecule has 0 aliphatic carbocycles. The van der Waals surface area contributed by atoms with E-state index in [1.54, 1.807) is 38.4 Å². The van der Waals surface area contributed by atoms with Gasteiger partial charge >= 0.3 is 6.09 Å². The van der Waals surface area contributed by atoms with E-state index >= 15 is 0 Å². The lowest BCUT2D eigenvalue weighted by Crippen LogP contribution is -2.23. The number of nitrogens with two attached hydrogens (primary N) is 1. The normalized spacial score (nSPS) is 9.62. The van der Waals surface area contributed by atoms with Gasteiger partial charge in [-0.25, -0.2) is 4.79 Å². The van der Waals surface area contributed by atoms with Crippen LogP contribution >= 0.6 is 0 Å². The standard InChI is InChI=1S/C11H14N2O3/c1-13(2)10(14)9-6-4-3-5-8(9)7-16-11(12)15/h3-6H,7H2,1-2H3,(H2,12,15). The number of amides is 2. The molecule has 0 atom stereocenters. The van der Waals surface area contributed by atoms with Crippen LogP contribution in [-0.2, 0) is 11.3 Å². The molecule has 0 saturated carbocycles. The van der Waals surface area contributed by atoms with Crippen molar-refractivity contribution in [2.75, 3.05) is 14.1 Å². The fraction of sp³-hybridized carbons (Fsp3) is 0.273. The molecule has 2 amide bonds. The third-order valence-electron chi connectivity index (χ3n) is 2.02. The molecule has 1 rings (SSSR count). The zero-order valence-corrected chi connectivity index (χ0v) is 9.27. The Morgan fingerprint density at radius 2 is 1.94 bits per heavy atom. The molecule has 16 heavy (non-hydrogen) atoms. The minimum absolute atomic E-state index is 0.00505. The molecular weight excluding hydrogens is 208 g/mol. The first kappa shape index (κ1) is 12.0. The summed E-state index contributed by atoms with van der Waals surface area (Å²) in [6.45, 7) is 0.00505. The summed E-state index contributed by atoms with van der Waals surface area (Å²) in [5, 5.41) is 0. The van der Waals surface area contributed by atoms with Crippen molar-refractivity contribution in [2.45, 2.75) is 6.61 Å². The lowest BCUT2D eigenvalue weighted by atomic mass is 10.1.